The molecule has 1 aromatic rings. The fourth-order valence-electron chi connectivity index (χ4n) is 1.58. The first-order valence-electron chi connectivity index (χ1n) is 5.55. The number of rotatable bonds is 2. The maximum Gasteiger partial charge on any atom is 0.270 e. The van der Waals surface area contributed by atoms with Gasteiger partial charge in [0.15, 0.2) is 0 Å². The molecule has 0 aliphatic carbocycles. The second kappa shape index (κ2) is 5.34. The van der Waals surface area contributed by atoms with Crippen molar-refractivity contribution in [1.29, 1.82) is 0 Å². The Morgan fingerprint density at radius 2 is 2.35 bits per heavy atom. The maximum absolute atomic E-state index is 11.7. The number of hydrogen-bond acceptors (Lipinski definition) is 2. The zero-order valence-electron chi connectivity index (χ0n) is 9.65. The van der Waals surface area contributed by atoms with Gasteiger partial charge in [0.1, 0.15) is 0 Å². The van der Waals surface area contributed by atoms with Crippen LogP contribution in [0.15, 0.2) is 24.3 Å². The molecule has 4 heteroatoms. The summed E-state index contributed by atoms with van der Waals surface area (Å²) in [5, 5.41) is 2.09. The summed E-state index contributed by atoms with van der Waals surface area (Å²) in [5.41, 5.74) is 1.94. The first kappa shape index (κ1) is 12.1. The standard InChI is InChI=1S/C13H14ClNO2/c1-10-3-4-11(9-12(10)14)5-6-13(16)15-7-2-8-17-15/h3-6,9H,2,7-8H2,1H3/b6-5+. The Morgan fingerprint density at radius 3 is 3.00 bits per heavy atom. The Morgan fingerprint density at radius 1 is 1.53 bits per heavy atom. The predicted octanol–water partition coefficient (Wildman–Crippen LogP) is 2.83. The van der Waals surface area contributed by atoms with Gasteiger partial charge in [-0.25, -0.2) is 5.06 Å². The van der Waals surface area contributed by atoms with Gasteiger partial charge >= 0.3 is 0 Å². The van der Waals surface area contributed by atoms with Crippen LogP contribution in [0.1, 0.15) is 17.5 Å². The van der Waals surface area contributed by atoms with E-state index in [4.69, 9.17) is 16.4 Å². The number of benzene rings is 1. The Hall–Kier alpha value is -1.32. The maximum atomic E-state index is 11.7. The number of hydrogen-bond donors (Lipinski definition) is 0. The van der Waals surface area contributed by atoms with Crippen LogP contribution >= 0.6 is 11.6 Å². The molecule has 0 spiro atoms. The van der Waals surface area contributed by atoms with Crippen LogP contribution in [0.4, 0.5) is 0 Å². The first-order chi connectivity index (χ1) is 8.16. The van der Waals surface area contributed by atoms with Crippen molar-refractivity contribution in [3.05, 3.63) is 40.4 Å². The molecule has 1 fully saturated rings. The lowest BCUT2D eigenvalue weighted by atomic mass is 10.1. The van der Waals surface area contributed by atoms with Crippen LogP contribution in [0.2, 0.25) is 5.02 Å². The molecule has 0 bridgehead atoms. The van der Waals surface area contributed by atoms with Crippen LogP contribution in [0, 0.1) is 6.92 Å². The molecule has 90 valence electrons. The zero-order chi connectivity index (χ0) is 12.3. The van der Waals surface area contributed by atoms with Crippen molar-refractivity contribution < 1.29 is 9.63 Å². The fraction of sp³-hybridized carbons (Fsp3) is 0.308. The molecule has 1 saturated heterocycles. The molecular weight excluding hydrogens is 238 g/mol. The third-order valence-electron chi connectivity index (χ3n) is 2.61. The molecule has 0 atom stereocenters. The molecule has 0 N–H and O–H groups in total. The Labute approximate surface area is 106 Å². The minimum Gasteiger partial charge on any atom is -0.271 e. The van der Waals surface area contributed by atoms with Gasteiger partial charge < -0.3 is 0 Å². The van der Waals surface area contributed by atoms with Crippen molar-refractivity contribution in [2.75, 3.05) is 13.2 Å². The molecule has 1 heterocycles. The van der Waals surface area contributed by atoms with Gasteiger partial charge in [-0.1, -0.05) is 23.7 Å². The number of nitrogens with zero attached hydrogens (tertiary/aromatic N) is 1. The SMILES string of the molecule is Cc1ccc(/C=C/C(=O)N2CCCO2)cc1Cl. The van der Waals surface area contributed by atoms with Crippen LogP contribution in [0.25, 0.3) is 6.08 Å². The number of halogens is 1. The highest BCUT2D eigenvalue weighted by Crippen LogP contribution is 2.17. The highest BCUT2D eigenvalue weighted by atomic mass is 35.5. The van der Waals surface area contributed by atoms with Crippen molar-refractivity contribution in [2.24, 2.45) is 0 Å². The number of hydroxylamine groups is 2. The van der Waals surface area contributed by atoms with E-state index in [0.717, 1.165) is 17.5 Å². The van der Waals surface area contributed by atoms with Crippen LogP contribution in [0.3, 0.4) is 0 Å². The van der Waals surface area contributed by atoms with Crippen molar-refractivity contribution in [3.63, 3.8) is 0 Å². The summed E-state index contributed by atoms with van der Waals surface area (Å²) in [7, 11) is 0. The summed E-state index contributed by atoms with van der Waals surface area (Å²) in [5.74, 6) is -0.126. The van der Waals surface area contributed by atoms with E-state index in [1.54, 1.807) is 6.08 Å². The second-order valence-corrected chi connectivity index (χ2v) is 4.38. The summed E-state index contributed by atoms with van der Waals surface area (Å²) in [6, 6.07) is 5.69. The Balaban J connectivity index is 2.04. The third-order valence-corrected chi connectivity index (χ3v) is 3.02. The Bertz CT molecular complexity index is 451. The van der Waals surface area contributed by atoms with Crippen LogP contribution in [-0.2, 0) is 9.63 Å². The minimum atomic E-state index is -0.126. The van der Waals surface area contributed by atoms with Gasteiger partial charge in [-0.2, -0.15) is 0 Å². The van der Waals surface area contributed by atoms with E-state index in [9.17, 15) is 4.79 Å². The van der Waals surface area contributed by atoms with Crippen molar-refractivity contribution in [3.8, 4) is 0 Å². The van der Waals surface area contributed by atoms with Gasteiger partial charge in [0.05, 0.1) is 13.2 Å². The number of amides is 1. The summed E-state index contributed by atoms with van der Waals surface area (Å²) in [6.07, 6.45) is 4.15. The molecule has 0 radical (unpaired) electrons. The molecule has 0 aromatic heterocycles. The van der Waals surface area contributed by atoms with Crippen LogP contribution in [-0.4, -0.2) is 24.1 Å². The molecule has 0 saturated carbocycles. The van der Waals surface area contributed by atoms with Crippen molar-refractivity contribution in [1.82, 2.24) is 5.06 Å². The van der Waals surface area contributed by atoms with Gasteiger partial charge in [0, 0.05) is 11.1 Å². The van der Waals surface area contributed by atoms with Gasteiger partial charge in [0.25, 0.3) is 5.91 Å². The highest BCUT2D eigenvalue weighted by molar-refractivity contribution is 6.31. The normalized spacial score (nSPS) is 15.8. The van der Waals surface area contributed by atoms with E-state index >= 15 is 0 Å². The van der Waals surface area contributed by atoms with E-state index in [0.29, 0.717) is 18.2 Å². The summed E-state index contributed by atoms with van der Waals surface area (Å²) < 4.78 is 0. The second-order valence-electron chi connectivity index (χ2n) is 3.97. The average Bonchev–Trinajstić information content (AvgIpc) is 2.84. The monoisotopic (exact) mass is 251 g/mol. The zero-order valence-corrected chi connectivity index (χ0v) is 10.4. The molecular formula is C13H14ClNO2. The number of aryl methyl sites for hydroxylation is 1. The summed E-state index contributed by atoms with van der Waals surface area (Å²) >= 11 is 6.00. The van der Waals surface area contributed by atoms with Gasteiger partial charge in [-0.15, -0.1) is 0 Å². The molecule has 1 aliphatic rings. The molecule has 0 unspecified atom stereocenters. The topological polar surface area (TPSA) is 29.5 Å². The largest absolute Gasteiger partial charge is 0.271 e. The molecule has 1 amide bonds. The van der Waals surface area contributed by atoms with Crippen LogP contribution < -0.4 is 0 Å². The lowest BCUT2D eigenvalue weighted by Gasteiger charge is -2.10. The first-order valence-corrected chi connectivity index (χ1v) is 5.93. The van der Waals surface area contributed by atoms with Crippen LogP contribution in [0.5, 0.6) is 0 Å². The number of carbonyl (C=O) groups excluding carboxylic acids is 1. The molecule has 2 rings (SSSR count). The van der Waals surface area contributed by atoms with Gasteiger partial charge in [-0.3, -0.25) is 9.63 Å². The molecule has 3 nitrogen and oxygen atoms in total. The van der Waals surface area contributed by atoms with Gasteiger partial charge in [0.2, 0.25) is 0 Å². The van der Waals surface area contributed by atoms with E-state index in [2.05, 4.69) is 0 Å². The summed E-state index contributed by atoms with van der Waals surface area (Å²) in [4.78, 5) is 16.8. The van der Waals surface area contributed by atoms with E-state index in [-0.39, 0.29) is 5.91 Å². The third kappa shape index (κ3) is 3.08. The van der Waals surface area contributed by atoms with E-state index in [1.807, 2.05) is 25.1 Å². The Kier molecular flexibility index (Phi) is 3.82. The molecule has 17 heavy (non-hydrogen) atoms. The lowest BCUT2D eigenvalue weighted by molar-refractivity contribution is -0.162. The average molecular weight is 252 g/mol. The smallest absolute Gasteiger partial charge is 0.270 e. The quantitative estimate of drug-likeness (QED) is 0.757. The lowest BCUT2D eigenvalue weighted by Crippen LogP contribution is -2.24. The fourth-order valence-corrected chi connectivity index (χ4v) is 1.77. The van der Waals surface area contributed by atoms with Crippen molar-refractivity contribution in [2.45, 2.75) is 13.3 Å². The molecule has 1 aromatic carbocycles. The highest BCUT2D eigenvalue weighted by Gasteiger charge is 2.16. The van der Waals surface area contributed by atoms with E-state index in [1.165, 1.54) is 11.1 Å². The van der Waals surface area contributed by atoms with Gasteiger partial charge in [-0.05, 0) is 36.6 Å². The summed E-state index contributed by atoms with van der Waals surface area (Å²) in [6.45, 7) is 3.23. The van der Waals surface area contributed by atoms with Crippen molar-refractivity contribution >= 4 is 23.6 Å². The van der Waals surface area contributed by atoms with E-state index < -0.39 is 0 Å². The minimum absolute atomic E-state index is 0.126. The number of carbonyl (C=O) groups is 1. The predicted molar refractivity (Wildman–Crippen MR) is 67.5 cm³/mol. The molecule has 1 aliphatic heterocycles.